The summed E-state index contributed by atoms with van der Waals surface area (Å²) >= 11 is 0. The third kappa shape index (κ3) is 5.96. The van der Waals surface area contributed by atoms with Gasteiger partial charge in [-0.05, 0) is 44.4 Å². The molecule has 2 rings (SSSR count). The maximum atomic E-state index is 12.6. The van der Waals surface area contributed by atoms with Crippen LogP contribution in [0.3, 0.4) is 0 Å². The Kier molecular flexibility index (Phi) is 8.87. The van der Waals surface area contributed by atoms with Crippen molar-refractivity contribution in [1.82, 2.24) is 0 Å². The third-order valence-electron chi connectivity index (χ3n) is 5.71. The van der Waals surface area contributed by atoms with Gasteiger partial charge in [0.1, 0.15) is 6.10 Å². The molecule has 0 spiro atoms. The van der Waals surface area contributed by atoms with E-state index in [1.165, 1.54) is 25.7 Å². The minimum Gasteiger partial charge on any atom is -0.461 e. The molecule has 2 fully saturated rings. The Morgan fingerprint density at radius 1 is 1.04 bits per heavy atom. The van der Waals surface area contributed by atoms with Crippen molar-refractivity contribution in [2.75, 3.05) is 13.2 Å². The molecule has 0 N–H and O–H groups in total. The Labute approximate surface area is 158 Å². The van der Waals surface area contributed by atoms with Gasteiger partial charge in [-0.25, -0.2) is 0 Å². The largest absolute Gasteiger partial charge is 0.461 e. The summed E-state index contributed by atoms with van der Waals surface area (Å²) in [7, 11) is 0. The van der Waals surface area contributed by atoms with E-state index >= 15 is 0 Å². The molecular weight excluding hydrogens is 330 g/mol. The SMILES string of the molecule is CCCCCC1CCC(OC(=O)[C@]2(C#N)CO[C@H](CCCC)OC2)CC1. The second kappa shape index (κ2) is 10.9. The predicted molar refractivity (Wildman–Crippen MR) is 99.2 cm³/mol. The van der Waals surface area contributed by atoms with Crippen LogP contribution in [0.25, 0.3) is 0 Å². The van der Waals surface area contributed by atoms with Crippen molar-refractivity contribution in [2.45, 2.75) is 96.9 Å². The monoisotopic (exact) mass is 365 g/mol. The van der Waals surface area contributed by atoms with Gasteiger partial charge in [0, 0.05) is 0 Å². The zero-order valence-electron chi connectivity index (χ0n) is 16.5. The maximum Gasteiger partial charge on any atom is 0.331 e. The zero-order chi connectivity index (χ0) is 18.8. The van der Waals surface area contributed by atoms with E-state index in [1.807, 2.05) is 0 Å². The molecule has 148 valence electrons. The summed E-state index contributed by atoms with van der Waals surface area (Å²) in [5.74, 6) is 0.297. The molecule has 0 radical (unpaired) electrons. The average molecular weight is 366 g/mol. The van der Waals surface area contributed by atoms with E-state index < -0.39 is 11.4 Å². The van der Waals surface area contributed by atoms with Gasteiger partial charge in [-0.1, -0.05) is 46.0 Å². The summed E-state index contributed by atoms with van der Waals surface area (Å²) in [4.78, 5) is 12.6. The van der Waals surface area contributed by atoms with Crippen molar-refractivity contribution in [3.63, 3.8) is 0 Å². The van der Waals surface area contributed by atoms with Gasteiger partial charge in [0.05, 0.1) is 19.3 Å². The summed E-state index contributed by atoms with van der Waals surface area (Å²) in [6.45, 7) is 4.48. The second-order valence-electron chi connectivity index (χ2n) is 7.93. The van der Waals surface area contributed by atoms with E-state index in [9.17, 15) is 10.1 Å². The van der Waals surface area contributed by atoms with E-state index in [4.69, 9.17) is 14.2 Å². The van der Waals surface area contributed by atoms with Crippen LogP contribution in [-0.2, 0) is 19.0 Å². The summed E-state index contributed by atoms with van der Waals surface area (Å²) < 4.78 is 16.9. The highest BCUT2D eigenvalue weighted by molar-refractivity contribution is 5.80. The molecule has 1 aliphatic heterocycles. The van der Waals surface area contributed by atoms with Crippen LogP contribution < -0.4 is 0 Å². The van der Waals surface area contributed by atoms with Gasteiger partial charge in [-0.3, -0.25) is 4.79 Å². The number of rotatable bonds is 9. The third-order valence-corrected chi connectivity index (χ3v) is 5.71. The van der Waals surface area contributed by atoms with Gasteiger partial charge >= 0.3 is 5.97 Å². The fourth-order valence-electron chi connectivity index (χ4n) is 3.81. The number of esters is 1. The lowest BCUT2D eigenvalue weighted by molar-refractivity contribution is -0.228. The van der Waals surface area contributed by atoms with Crippen LogP contribution in [0.1, 0.15) is 84.5 Å². The number of hydrogen-bond donors (Lipinski definition) is 0. The van der Waals surface area contributed by atoms with Gasteiger partial charge in [0.2, 0.25) is 5.41 Å². The molecule has 0 bridgehead atoms. The van der Waals surface area contributed by atoms with Crippen LogP contribution in [0.5, 0.6) is 0 Å². The predicted octanol–water partition coefficient (Wildman–Crippen LogP) is 4.74. The highest BCUT2D eigenvalue weighted by atomic mass is 16.7. The Hall–Kier alpha value is -1.12. The standard InChI is InChI=1S/C21H35NO4/c1-3-5-7-8-17-10-12-18(13-11-17)26-20(23)21(14-22)15-24-19(25-16-21)9-6-4-2/h17-19H,3-13,15-16H2,1-2H3/t17?,18?,19-,21+. The first-order valence-electron chi connectivity index (χ1n) is 10.5. The van der Waals surface area contributed by atoms with Crippen LogP contribution in [0.4, 0.5) is 0 Å². The number of nitriles is 1. The molecule has 1 saturated carbocycles. The number of unbranched alkanes of at least 4 members (excludes halogenated alkanes) is 3. The fraction of sp³-hybridized carbons (Fsp3) is 0.905. The number of carbonyl (C=O) groups is 1. The van der Waals surface area contributed by atoms with Gasteiger partial charge in [-0.15, -0.1) is 0 Å². The molecule has 5 heteroatoms. The van der Waals surface area contributed by atoms with Gasteiger partial charge in [0.15, 0.2) is 6.29 Å². The summed E-state index contributed by atoms with van der Waals surface area (Å²) in [6, 6.07) is 2.10. The number of hydrogen-bond acceptors (Lipinski definition) is 5. The topological polar surface area (TPSA) is 68.6 Å². The molecule has 26 heavy (non-hydrogen) atoms. The van der Waals surface area contributed by atoms with Crippen LogP contribution in [0, 0.1) is 22.7 Å². The normalized spacial score (nSPS) is 32.0. The number of nitrogens with zero attached hydrogens (tertiary/aromatic N) is 1. The minimum atomic E-state index is -1.30. The maximum absolute atomic E-state index is 12.6. The molecule has 1 heterocycles. The first-order valence-corrected chi connectivity index (χ1v) is 10.5. The van der Waals surface area contributed by atoms with Crippen LogP contribution in [0.15, 0.2) is 0 Å². The molecule has 5 nitrogen and oxygen atoms in total. The quantitative estimate of drug-likeness (QED) is 0.436. The zero-order valence-corrected chi connectivity index (χ0v) is 16.5. The van der Waals surface area contributed by atoms with E-state index in [0.717, 1.165) is 50.9 Å². The van der Waals surface area contributed by atoms with Crippen molar-refractivity contribution in [3.05, 3.63) is 0 Å². The number of carbonyl (C=O) groups excluding carboxylic acids is 1. The Morgan fingerprint density at radius 2 is 1.69 bits per heavy atom. The molecule has 0 aromatic carbocycles. The van der Waals surface area contributed by atoms with E-state index in [2.05, 4.69) is 19.9 Å². The molecule has 0 atom stereocenters. The average Bonchev–Trinajstić information content (AvgIpc) is 2.68. The van der Waals surface area contributed by atoms with Gasteiger partial charge in [0.25, 0.3) is 0 Å². The number of ether oxygens (including phenoxy) is 3. The first kappa shape index (κ1) is 21.2. The molecule has 1 aliphatic carbocycles. The molecule has 0 aromatic rings. The van der Waals surface area contributed by atoms with E-state index in [0.29, 0.717) is 0 Å². The second-order valence-corrected chi connectivity index (χ2v) is 7.93. The van der Waals surface area contributed by atoms with Crippen molar-refractivity contribution in [3.8, 4) is 6.07 Å². The van der Waals surface area contributed by atoms with E-state index in [1.54, 1.807) is 0 Å². The first-order chi connectivity index (χ1) is 12.6. The van der Waals surface area contributed by atoms with Crippen molar-refractivity contribution in [2.24, 2.45) is 11.3 Å². The lowest BCUT2D eigenvalue weighted by Gasteiger charge is -2.35. The minimum absolute atomic E-state index is 0.0621. The molecule has 1 saturated heterocycles. The lowest BCUT2D eigenvalue weighted by Crippen LogP contribution is -2.48. The highest BCUT2D eigenvalue weighted by Crippen LogP contribution is 2.33. The lowest BCUT2D eigenvalue weighted by atomic mass is 9.84. The van der Waals surface area contributed by atoms with Crippen LogP contribution in [-0.4, -0.2) is 31.6 Å². The Bertz CT molecular complexity index is 457. The van der Waals surface area contributed by atoms with Crippen molar-refractivity contribution in [1.29, 1.82) is 5.26 Å². The highest BCUT2D eigenvalue weighted by Gasteiger charge is 2.46. The Morgan fingerprint density at radius 3 is 2.27 bits per heavy atom. The van der Waals surface area contributed by atoms with Crippen LogP contribution in [0.2, 0.25) is 0 Å². The van der Waals surface area contributed by atoms with Crippen molar-refractivity contribution < 1.29 is 19.0 Å². The molecule has 0 unspecified atom stereocenters. The molecule has 2 aliphatic rings. The summed E-state index contributed by atoms with van der Waals surface area (Å²) in [5, 5.41) is 9.56. The smallest absolute Gasteiger partial charge is 0.331 e. The van der Waals surface area contributed by atoms with Crippen LogP contribution >= 0.6 is 0 Å². The van der Waals surface area contributed by atoms with Crippen molar-refractivity contribution >= 4 is 5.97 Å². The summed E-state index contributed by atoms with van der Waals surface area (Å²) in [6.07, 6.45) is 11.7. The Balaban J connectivity index is 1.75. The molecular formula is C21H35NO4. The summed E-state index contributed by atoms with van der Waals surface area (Å²) in [5.41, 5.74) is -1.30. The molecule has 0 amide bonds. The van der Waals surface area contributed by atoms with Gasteiger partial charge < -0.3 is 14.2 Å². The fourth-order valence-corrected chi connectivity index (χ4v) is 3.81. The van der Waals surface area contributed by atoms with Gasteiger partial charge in [-0.2, -0.15) is 5.26 Å². The van der Waals surface area contributed by atoms with E-state index in [-0.39, 0.29) is 25.6 Å². The molecule has 0 aromatic heterocycles.